The highest BCUT2D eigenvalue weighted by atomic mass is 35.5. The van der Waals surface area contributed by atoms with Gasteiger partial charge in [0, 0.05) is 30.2 Å². The van der Waals surface area contributed by atoms with Gasteiger partial charge in [0.05, 0.1) is 28.7 Å². The maximum absolute atomic E-state index is 12.7. The molecule has 7 nitrogen and oxygen atoms in total. The molecule has 2 atom stereocenters. The van der Waals surface area contributed by atoms with Crippen molar-refractivity contribution in [3.8, 4) is 6.07 Å². The molecule has 2 aromatic rings. The summed E-state index contributed by atoms with van der Waals surface area (Å²) in [6, 6.07) is 5.54. The highest BCUT2D eigenvalue weighted by molar-refractivity contribution is 7.14. The number of likely N-dealkylation sites (tertiary alicyclic amines) is 1. The van der Waals surface area contributed by atoms with Gasteiger partial charge < -0.3 is 10.2 Å². The lowest BCUT2D eigenvalue weighted by atomic mass is 10.1. The highest BCUT2D eigenvalue weighted by Crippen LogP contribution is 2.22. The number of aromatic nitrogens is 2. The van der Waals surface area contributed by atoms with Crippen LogP contribution in [-0.2, 0) is 11.3 Å². The van der Waals surface area contributed by atoms with Crippen molar-refractivity contribution in [1.82, 2.24) is 20.0 Å². The van der Waals surface area contributed by atoms with Gasteiger partial charge in [-0.2, -0.15) is 10.4 Å². The lowest BCUT2D eigenvalue weighted by molar-refractivity contribution is -0.123. The molecule has 3 rings (SSSR count). The number of nitrogens with zero attached hydrogens (tertiary/aromatic N) is 4. The van der Waals surface area contributed by atoms with E-state index in [4.69, 9.17) is 16.9 Å². The maximum Gasteiger partial charge on any atom is 0.264 e. The molecule has 2 amide bonds. The Labute approximate surface area is 160 Å². The molecule has 1 aliphatic rings. The zero-order valence-corrected chi connectivity index (χ0v) is 15.8. The van der Waals surface area contributed by atoms with Crippen LogP contribution in [0.5, 0.6) is 0 Å². The van der Waals surface area contributed by atoms with Crippen LogP contribution in [0.3, 0.4) is 0 Å². The predicted octanol–water partition coefficient (Wildman–Crippen LogP) is 2.14. The average molecular weight is 392 g/mol. The molecule has 2 aromatic heterocycles. The van der Waals surface area contributed by atoms with Crippen molar-refractivity contribution in [2.45, 2.75) is 25.9 Å². The molecule has 136 valence electrons. The van der Waals surface area contributed by atoms with E-state index < -0.39 is 5.92 Å². The standard InChI is InChI=1S/C17H18ClN5O2S/c1-11(6-19)16(24)21-13-4-5-22(9-13)17(25)15-3-2-14(26-15)10-23-8-12(18)7-20-23/h2-3,7-8,11,13H,4-5,9-10H2,1H3,(H,21,24). The third kappa shape index (κ3) is 4.23. The summed E-state index contributed by atoms with van der Waals surface area (Å²) in [6.07, 6.45) is 4.01. The second-order valence-corrected chi connectivity index (χ2v) is 7.82. The van der Waals surface area contributed by atoms with Crippen molar-refractivity contribution in [3.63, 3.8) is 0 Å². The van der Waals surface area contributed by atoms with Crippen molar-refractivity contribution < 1.29 is 9.59 Å². The second kappa shape index (κ2) is 7.89. The lowest BCUT2D eigenvalue weighted by Crippen LogP contribution is -2.40. The van der Waals surface area contributed by atoms with E-state index in [1.54, 1.807) is 28.9 Å². The van der Waals surface area contributed by atoms with E-state index in [0.29, 0.717) is 36.0 Å². The number of thiophene rings is 1. The first-order chi connectivity index (χ1) is 12.5. The molecule has 0 saturated carbocycles. The molecule has 1 N–H and O–H groups in total. The van der Waals surface area contributed by atoms with Gasteiger partial charge in [-0.25, -0.2) is 0 Å². The Bertz CT molecular complexity index is 855. The van der Waals surface area contributed by atoms with Gasteiger partial charge in [0.2, 0.25) is 5.91 Å². The first-order valence-corrected chi connectivity index (χ1v) is 9.41. The third-order valence-electron chi connectivity index (χ3n) is 4.20. The molecular weight excluding hydrogens is 374 g/mol. The van der Waals surface area contributed by atoms with Crippen LogP contribution in [0.15, 0.2) is 24.5 Å². The number of rotatable bonds is 5. The van der Waals surface area contributed by atoms with Crippen molar-refractivity contribution in [1.29, 1.82) is 5.26 Å². The van der Waals surface area contributed by atoms with E-state index in [2.05, 4.69) is 10.4 Å². The molecule has 1 aliphatic heterocycles. The quantitative estimate of drug-likeness (QED) is 0.845. The van der Waals surface area contributed by atoms with Gasteiger partial charge >= 0.3 is 0 Å². The largest absolute Gasteiger partial charge is 0.350 e. The molecule has 0 aromatic carbocycles. The Morgan fingerprint density at radius 1 is 1.54 bits per heavy atom. The fraction of sp³-hybridized carbons (Fsp3) is 0.412. The molecule has 1 fully saturated rings. The molecule has 0 aliphatic carbocycles. The SMILES string of the molecule is CC(C#N)C(=O)NC1CCN(C(=O)c2ccc(Cn3cc(Cl)cn3)s2)C1. The monoisotopic (exact) mass is 391 g/mol. The number of nitrogens with one attached hydrogen (secondary N) is 1. The topological polar surface area (TPSA) is 91.0 Å². The van der Waals surface area contributed by atoms with E-state index in [1.807, 2.05) is 18.2 Å². The van der Waals surface area contributed by atoms with Crippen molar-refractivity contribution in [3.05, 3.63) is 39.3 Å². The minimum atomic E-state index is -0.685. The fourth-order valence-corrected chi connectivity index (χ4v) is 3.89. The lowest BCUT2D eigenvalue weighted by Gasteiger charge is -2.16. The summed E-state index contributed by atoms with van der Waals surface area (Å²) in [7, 11) is 0. The maximum atomic E-state index is 12.7. The van der Waals surface area contributed by atoms with E-state index in [0.717, 1.165) is 4.88 Å². The summed E-state index contributed by atoms with van der Waals surface area (Å²) in [5, 5.41) is 16.3. The van der Waals surface area contributed by atoms with Crippen molar-refractivity contribution in [2.24, 2.45) is 5.92 Å². The van der Waals surface area contributed by atoms with Crippen LogP contribution >= 0.6 is 22.9 Å². The molecule has 3 heterocycles. The molecule has 0 bridgehead atoms. The van der Waals surface area contributed by atoms with Gasteiger partial charge in [-0.15, -0.1) is 11.3 Å². The minimum Gasteiger partial charge on any atom is -0.350 e. The molecule has 0 radical (unpaired) electrons. The van der Waals surface area contributed by atoms with Crippen LogP contribution in [0.25, 0.3) is 0 Å². The summed E-state index contributed by atoms with van der Waals surface area (Å²) in [5.41, 5.74) is 0. The molecule has 1 saturated heterocycles. The Morgan fingerprint density at radius 3 is 3.04 bits per heavy atom. The van der Waals surface area contributed by atoms with Gasteiger partial charge in [-0.3, -0.25) is 14.3 Å². The smallest absolute Gasteiger partial charge is 0.264 e. The van der Waals surface area contributed by atoms with Gasteiger partial charge in [-0.05, 0) is 25.5 Å². The van der Waals surface area contributed by atoms with Crippen LogP contribution in [0, 0.1) is 17.2 Å². The molecular formula is C17H18ClN5O2S. The van der Waals surface area contributed by atoms with Crippen LogP contribution < -0.4 is 5.32 Å². The van der Waals surface area contributed by atoms with E-state index in [1.165, 1.54) is 11.3 Å². The minimum absolute atomic E-state index is 0.0372. The van der Waals surface area contributed by atoms with Gasteiger partial charge in [0.15, 0.2) is 0 Å². The summed E-state index contributed by atoms with van der Waals surface area (Å²) >= 11 is 7.29. The van der Waals surface area contributed by atoms with Crippen LogP contribution in [0.4, 0.5) is 0 Å². The van der Waals surface area contributed by atoms with Crippen molar-refractivity contribution in [2.75, 3.05) is 13.1 Å². The summed E-state index contributed by atoms with van der Waals surface area (Å²) in [5.74, 6) is -1.01. The highest BCUT2D eigenvalue weighted by Gasteiger charge is 2.29. The summed E-state index contributed by atoms with van der Waals surface area (Å²) in [6.45, 7) is 3.18. The number of halogens is 1. The Kier molecular flexibility index (Phi) is 5.59. The Morgan fingerprint density at radius 2 is 2.35 bits per heavy atom. The summed E-state index contributed by atoms with van der Waals surface area (Å²) < 4.78 is 1.72. The molecule has 0 spiro atoms. The van der Waals surface area contributed by atoms with Gasteiger partial charge in [0.1, 0.15) is 5.92 Å². The number of hydrogen-bond donors (Lipinski definition) is 1. The normalized spacial score (nSPS) is 17.7. The molecule has 26 heavy (non-hydrogen) atoms. The fourth-order valence-electron chi connectivity index (χ4n) is 2.77. The van der Waals surface area contributed by atoms with Gasteiger partial charge in [0.25, 0.3) is 5.91 Å². The van der Waals surface area contributed by atoms with Crippen LogP contribution in [-0.4, -0.2) is 45.6 Å². The zero-order valence-electron chi connectivity index (χ0n) is 14.2. The number of nitriles is 1. The Balaban J connectivity index is 1.57. The number of amides is 2. The second-order valence-electron chi connectivity index (χ2n) is 6.22. The molecule has 2 unspecified atom stereocenters. The van der Waals surface area contributed by atoms with E-state index >= 15 is 0 Å². The van der Waals surface area contributed by atoms with Crippen LogP contribution in [0.1, 0.15) is 27.9 Å². The average Bonchev–Trinajstić information content (AvgIpc) is 3.35. The Hall–Kier alpha value is -2.37. The third-order valence-corrected chi connectivity index (χ3v) is 5.45. The van der Waals surface area contributed by atoms with Crippen molar-refractivity contribution >= 4 is 34.8 Å². The number of carbonyl (C=O) groups excluding carboxylic acids is 2. The van der Waals surface area contributed by atoms with E-state index in [9.17, 15) is 9.59 Å². The summed E-state index contributed by atoms with van der Waals surface area (Å²) in [4.78, 5) is 27.9. The first-order valence-electron chi connectivity index (χ1n) is 8.22. The predicted molar refractivity (Wildman–Crippen MR) is 97.9 cm³/mol. The zero-order chi connectivity index (χ0) is 18.7. The number of hydrogen-bond acceptors (Lipinski definition) is 5. The number of carbonyl (C=O) groups is 2. The van der Waals surface area contributed by atoms with E-state index in [-0.39, 0.29) is 17.9 Å². The molecule has 9 heteroatoms. The van der Waals surface area contributed by atoms with Crippen LogP contribution in [0.2, 0.25) is 5.02 Å². The first kappa shape index (κ1) is 18.4. The van der Waals surface area contributed by atoms with Gasteiger partial charge in [-0.1, -0.05) is 11.6 Å².